The van der Waals surface area contributed by atoms with Crippen molar-refractivity contribution in [1.29, 1.82) is 0 Å². The molecule has 6 heteroatoms. The first-order valence-corrected chi connectivity index (χ1v) is 8.63. The summed E-state index contributed by atoms with van der Waals surface area (Å²) in [5.74, 6) is 0.879. The van der Waals surface area contributed by atoms with Gasteiger partial charge in [-0.15, -0.1) is 0 Å². The average molecular weight is 354 g/mol. The fraction of sp³-hybridized carbons (Fsp3) is 0.158. The van der Waals surface area contributed by atoms with Gasteiger partial charge in [0, 0.05) is 12.5 Å². The molecule has 0 aliphatic carbocycles. The second kappa shape index (κ2) is 7.36. The van der Waals surface area contributed by atoms with E-state index in [4.69, 9.17) is 4.74 Å². The molecule has 1 aromatic heterocycles. The largest absolute Gasteiger partial charge is 0.508 e. The van der Waals surface area contributed by atoms with E-state index in [9.17, 15) is 9.90 Å². The minimum atomic E-state index is -0.0563. The second-order valence-corrected chi connectivity index (χ2v) is 6.62. The van der Waals surface area contributed by atoms with Gasteiger partial charge in [-0.1, -0.05) is 23.5 Å². The van der Waals surface area contributed by atoms with E-state index >= 15 is 0 Å². The molecule has 3 rings (SSSR count). The Morgan fingerprint density at radius 2 is 1.84 bits per heavy atom. The number of hydrogen-bond acceptors (Lipinski definition) is 5. The monoisotopic (exact) mass is 354 g/mol. The summed E-state index contributed by atoms with van der Waals surface area (Å²) in [4.78, 5) is 15.5. The van der Waals surface area contributed by atoms with Crippen molar-refractivity contribution in [2.45, 2.75) is 19.9 Å². The number of phenols is 1. The molecule has 0 aliphatic rings. The summed E-state index contributed by atoms with van der Waals surface area (Å²) >= 11 is 1.43. The molecule has 0 saturated carbocycles. The predicted molar refractivity (Wildman–Crippen MR) is 98.0 cm³/mol. The molecule has 1 amide bonds. The molecule has 0 radical (unpaired) electrons. The summed E-state index contributed by atoms with van der Waals surface area (Å²) < 4.78 is 5.84. The number of phenolic OH excluding ortho intramolecular Hbond substituents is 1. The van der Waals surface area contributed by atoms with Gasteiger partial charge in [0.1, 0.15) is 16.5 Å². The third kappa shape index (κ3) is 4.36. The van der Waals surface area contributed by atoms with Crippen LogP contribution in [-0.4, -0.2) is 16.0 Å². The maximum atomic E-state index is 11.1. The van der Waals surface area contributed by atoms with Crippen LogP contribution >= 0.6 is 11.3 Å². The Kier molecular flexibility index (Phi) is 5.00. The Hall–Kier alpha value is -2.86. The van der Waals surface area contributed by atoms with Gasteiger partial charge >= 0.3 is 0 Å². The van der Waals surface area contributed by atoms with Crippen molar-refractivity contribution in [2.75, 3.05) is 0 Å². The number of carbonyl (C=O) groups is 1. The van der Waals surface area contributed by atoms with Crippen LogP contribution in [0.5, 0.6) is 16.6 Å². The van der Waals surface area contributed by atoms with Gasteiger partial charge < -0.3 is 15.2 Å². The van der Waals surface area contributed by atoms with Crippen LogP contribution in [0.15, 0.2) is 54.7 Å². The maximum Gasteiger partial charge on any atom is 0.217 e. The predicted octanol–water partition coefficient (Wildman–Crippen LogP) is 4.51. The highest BCUT2D eigenvalue weighted by Crippen LogP contribution is 2.33. The van der Waals surface area contributed by atoms with Gasteiger partial charge in [-0.2, -0.15) is 0 Å². The molecule has 0 spiro atoms. The molecule has 1 unspecified atom stereocenters. The summed E-state index contributed by atoms with van der Waals surface area (Å²) in [5, 5.41) is 13.7. The zero-order chi connectivity index (χ0) is 17.8. The summed E-state index contributed by atoms with van der Waals surface area (Å²) in [6.45, 7) is 3.44. The lowest BCUT2D eigenvalue weighted by Gasteiger charge is -2.13. The first-order valence-electron chi connectivity index (χ1n) is 7.81. The van der Waals surface area contributed by atoms with Crippen LogP contribution in [0.3, 0.4) is 0 Å². The summed E-state index contributed by atoms with van der Waals surface area (Å²) in [6.07, 6.45) is 1.68. The number of benzene rings is 2. The first kappa shape index (κ1) is 17.0. The number of aromatic hydroxyl groups is 1. The highest BCUT2D eigenvalue weighted by Gasteiger charge is 2.09. The Balaban J connectivity index is 1.68. The van der Waals surface area contributed by atoms with Crippen LogP contribution < -0.4 is 10.1 Å². The molecule has 0 saturated heterocycles. The Bertz CT molecular complexity index is 857. The van der Waals surface area contributed by atoms with Gasteiger partial charge in [0.2, 0.25) is 11.0 Å². The van der Waals surface area contributed by atoms with Crippen LogP contribution in [0.1, 0.15) is 25.5 Å². The third-order valence-corrected chi connectivity index (χ3v) is 4.54. The third-order valence-electron chi connectivity index (χ3n) is 3.62. The number of thiazole rings is 1. The van der Waals surface area contributed by atoms with Crippen LogP contribution in [0.25, 0.3) is 10.6 Å². The van der Waals surface area contributed by atoms with Crippen molar-refractivity contribution in [3.8, 4) is 27.1 Å². The first-order chi connectivity index (χ1) is 12.0. The summed E-state index contributed by atoms with van der Waals surface area (Å²) in [7, 11) is 0. The Morgan fingerprint density at radius 3 is 2.48 bits per heavy atom. The second-order valence-electron chi connectivity index (χ2n) is 5.62. The quantitative estimate of drug-likeness (QED) is 0.707. The molecule has 1 atom stereocenters. The summed E-state index contributed by atoms with van der Waals surface area (Å²) in [6, 6.07) is 14.4. The molecule has 2 N–H and O–H groups in total. The van der Waals surface area contributed by atoms with Crippen molar-refractivity contribution in [2.24, 2.45) is 0 Å². The van der Waals surface area contributed by atoms with Gasteiger partial charge in [0.15, 0.2) is 0 Å². The number of amides is 1. The number of ether oxygens (including phenoxy) is 1. The van der Waals surface area contributed by atoms with E-state index in [0.717, 1.165) is 16.1 Å². The van der Waals surface area contributed by atoms with Crippen molar-refractivity contribution in [3.05, 3.63) is 60.3 Å². The van der Waals surface area contributed by atoms with Crippen LogP contribution in [0, 0.1) is 0 Å². The van der Waals surface area contributed by atoms with Crippen LogP contribution in [0.4, 0.5) is 0 Å². The van der Waals surface area contributed by atoms with Gasteiger partial charge in [-0.3, -0.25) is 4.79 Å². The number of hydrogen-bond donors (Lipinski definition) is 2. The minimum absolute atomic E-state index is 0.0453. The standard InChI is InChI=1S/C19H18N2O3S/c1-12(21-13(2)22)14-5-9-17(10-6-14)24-18-11-20-19(25-18)15-3-7-16(23)8-4-15/h3-12,23H,1-2H3,(H,21,22). The molecule has 1 heterocycles. The Labute approximate surface area is 149 Å². The van der Waals surface area contributed by atoms with Crippen molar-refractivity contribution < 1.29 is 14.6 Å². The lowest BCUT2D eigenvalue weighted by molar-refractivity contribution is -0.119. The van der Waals surface area contributed by atoms with Gasteiger partial charge in [-0.05, 0) is 48.9 Å². The van der Waals surface area contributed by atoms with Crippen LogP contribution in [0.2, 0.25) is 0 Å². The zero-order valence-electron chi connectivity index (χ0n) is 13.9. The molecule has 2 aromatic carbocycles. The van der Waals surface area contributed by atoms with Gasteiger partial charge in [-0.25, -0.2) is 4.98 Å². The highest BCUT2D eigenvalue weighted by molar-refractivity contribution is 7.16. The van der Waals surface area contributed by atoms with E-state index in [1.165, 1.54) is 18.3 Å². The van der Waals surface area contributed by atoms with E-state index in [1.807, 2.05) is 43.3 Å². The normalized spacial score (nSPS) is 11.8. The Morgan fingerprint density at radius 1 is 1.16 bits per heavy atom. The molecule has 5 nitrogen and oxygen atoms in total. The molecule has 25 heavy (non-hydrogen) atoms. The molecular formula is C19H18N2O3S. The van der Waals surface area contributed by atoms with Gasteiger partial charge in [0.05, 0.1) is 12.2 Å². The number of aromatic nitrogens is 1. The fourth-order valence-corrected chi connectivity index (χ4v) is 3.17. The van der Waals surface area contributed by atoms with Crippen molar-refractivity contribution >= 4 is 17.2 Å². The molecule has 0 aliphatic heterocycles. The lowest BCUT2D eigenvalue weighted by atomic mass is 10.1. The SMILES string of the molecule is CC(=O)NC(C)c1ccc(Oc2cnc(-c3ccc(O)cc3)s2)cc1. The van der Waals surface area contributed by atoms with E-state index < -0.39 is 0 Å². The van der Waals surface area contributed by atoms with Crippen LogP contribution in [-0.2, 0) is 4.79 Å². The average Bonchev–Trinajstić information content (AvgIpc) is 3.04. The molecule has 0 bridgehead atoms. The lowest BCUT2D eigenvalue weighted by Crippen LogP contribution is -2.23. The number of rotatable bonds is 5. The molecule has 3 aromatic rings. The van der Waals surface area contributed by atoms with E-state index in [-0.39, 0.29) is 17.7 Å². The van der Waals surface area contributed by atoms with E-state index in [0.29, 0.717) is 10.8 Å². The minimum Gasteiger partial charge on any atom is -0.508 e. The van der Waals surface area contributed by atoms with Crippen molar-refractivity contribution in [1.82, 2.24) is 10.3 Å². The summed E-state index contributed by atoms with van der Waals surface area (Å²) in [5.41, 5.74) is 1.94. The highest BCUT2D eigenvalue weighted by atomic mass is 32.1. The topological polar surface area (TPSA) is 71.5 Å². The zero-order valence-corrected chi connectivity index (χ0v) is 14.7. The number of nitrogens with one attached hydrogen (secondary N) is 1. The maximum absolute atomic E-state index is 11.1. The molecular weight excluding hydrogens is 336 g/mol. The van der Waals surface area contributed by atoms with Crippen molar-refractivity contribution in [3.63, 3.8) is 0 Å². The fourth-order valence-electron chi connectivity index (χ4n) is 2.37. The smallest absolute Gasteiger partial charge is 0.217 e. The molecule has 128 valence electrons. The number of carbonyl (C=O) groups excluding carboxylic acids is 1. The van der Waals surface area contributed by atoms with E-state index in [1.54, 1.807) is 18.3 Å². The van der Waals surface area contributed by atoms with Gasteiger partial charge in [0.25, 0.3) is 0 Å². The molecule has 0 fully saturated rings. The number of nitrogens with zero attached hydrogens (tertiary/aromatic N) is 1. The van der Waals surface area contributed by atoms with E-state index in [2.05, 4.69) is 10.3 Å².